The molecule has 0 fully saturated rings. The molecule has 0 aliphatic rings. The van der Waals surface area contributed by atoms with Crippen LogP contribution in [-0.2, 0) is 17.1 Å². The molecular weight excluding hydrogens is 264 g/mol. The van der Waals surface area contributed by atoms with Crippen LogP contribution in [-0.4, -0.2) is 0 Å². The molecule has 0 spiro atoms. The first-order valence-electron chi connectivity index (χ1n) is 3.01. The Labute approximate surface area is 134 Å². The van der Waals surface area contributed by atoms with Gasteiger partial charge < -0.3 is 34.5 Å². The zero-order valence-electron chi connectivity index (χ0n) is 8.53. The fourth-order valence-electron chi connectivity index (χ4n) is 0.393. The summed E-state index contributed by atoms with van der Waals surface area (Å²) >= 11 is 3.18. The van der Waals surface area contributed by atoms with Crippen LogP contribution in [0.5, 0.6) is 0 Å². The van der Waals surface area contributed by atoms with Crippen molar-refractivity contribution in [2.75, 3.05) is 0 Å². The Balaban J connectivity index is -0.0000000592. The molecule has 0 aromatic carbocycles. The number of nitrogens with zero attached hydrogens (tertiary/aromatic N) is 1. The fourth-order valence-corrected chi connectivity index (χ4v) is 1.18. The smallest absolute Gasteiger partial charge is 0.512 e. The zero-order chi connectivity index (χ0) is 9.07. The van der Waals surface area contributed by atoms with E-state index in [0.717, 1.165) is 0 Å². The fraction of sp³-hybridized carbons (Fsp3) is 0. The molecule has 0 aliphatic carbocycles. The third kappa shape index (κ3) is 20.6. The second-order valence-corrected chi connectivity index (χ2v) is 2.95. The predicted molar refractivity (Wildman–Crippen MR) is 51.3 cm³/mol. The van der Waals surface area contributed by atoms with Gasteiger partial charge in [0.05, 0.1) is 0 Å². The molecule has 0 amide bonds. The van der Waals surface area contributed by atoms with Crippen molar-refractivity contribution in [3.63, 3.8) is 0 Å². The molecule has 2 aromatic rings. The normalized spacial score (nSPS) is 5.47. The maximum absolute atomic E-state index is 6.25. The van der Waals surface area contributed by atoms with Gasteiger partial charge in [-0.1, -0.05) is 0 Å². The number of thiophene rings is 2. The van der Waals surface area contributed by atoms with Crippen molar-refractivity contribution in [3.05, 3.63) is 52.4 Å². The molecule has 0 saturated heterocycles. The quantitative estimate of drug-likeness (QED) is 0.374. The van der Waals surface area contributed by atoms with Crippen molar-refractivity contribution in [1.29, 1.82) is 5.26 Å². The molecule has 72 valence electrons. The first-order valence-corrected chi connectivity index (χ1v) is 4.77. The summed E-state index contributed by atoms with van der Waals surface area (Å²) < 4.78 is 0. The summed E-state index contributed by atoms with van der Waals surface area (Å²) in [5, 5.41) is 16.0. The molecule has 1 nitrogen and oxygen atoms in total. The summed E-state index contributed by atoms with van der Waals surface area (Å²) in [7, 11) is 0. The Hall–Kier alpha value is 0.604. The molecule has 0 aliphatic heterocycles. The van der Waals surface area contributed by atoms with E-state index in [2.05, 4.69) is 10.8 Å². The van der Waals surface area contributed by atoms with E-state index in [4.69, 9.17) is 11.8 Å². The van der Waals surface area contributed by atoms with E-state index in [-0.39, 0.29) is 54.8 Å². The van der Waals surface area contributed by atoms with Crippen molar-refractivity contribution >= 4 is 22.7 Å². The van der Waals surface area contributed by atoms with Gasteiger partial charge in [-0.3, -0.25) is 0 Å². The maximum Gasteiger partial charge on any atom is 1.00 e. The third-order valence-electron chi connectivity index (χ3n) is 0.758. The van der Waals surface area contributed by atoms with Crippen LogP contribution >= 0.6 is 22.7 Å². The summed E-state index contributed by atoms with van der Waals surface area (Å²) in [6.45, 7) is 4.75. The van der Waals surface area contributed by atoms with Gasteiger partial charge >= 0.3 is 54.8 Å². The van der Waals surface area contributed by atoms with Crippen molar-refractivity contribution in [2.24, 2.45) is 0 Å². The van der Waals surface area contributed by atoms with Gasteiger partial charge in [-0.2, -0.15) is 22.9 Å². The van der Waals surface area contributed by atoms with E-state index in [9.17, 15) is 0 Å². The van der Waals surface area contributed by atoms with Gasteiger partial charge in [-0.05, 0) is 0 Å². The molecule has 0 unspecified atom stereocenters. The van der Waals surface area contributed by atoms with Gasteiger partial charge in [0.1, 0.15) is 0 Å². The van der Waals surface area contributed by atoms with E-state index < -0.39 is 0 Å². The Morgan fingerprint density at radius 1 is 0.867 bits per heavy atom. The topological polar surface area (TPSA) is 23.8 Å². The zero-order valence-corrected chi connectivity index (χ0v) is 11.1. The monoisotopic (exact) mass is 269 g/mol. The van der Waals surface area contributed by atoms with Crippen LogP contribution in [0.4, 0.5) is 0 Å². The predicted octanol–water partition coefficient (Wildman–Crippen LogP) is -2.80. The Morgan fingerprint density at radius 2 is 1.20 bits per heavy atom. The van der Waals surface area contributed by atoms with Crippen molar-refractivity contribution in [3.8, 4) is 0 Å². The summed E-state index contributed by atoms with van der Waals surface area (Å²) in [5.74, 6) is 0. The van der Waals surface area contributed by atoms with Gasteiger partial charge in [-0.15, -0.1) is 10.8 Å². The number of hydrogen-bond acceptors (Lipinski definition) is 3. The standard InChI is InChI=1S/2C4H3S.CN.Cu.2Li/c2*1-2-4-5-3-1;1-2;;;/h2*1-3H;;;;/q3*-1;3*+1. The van der Waals surface area contributed by atoms with Crippen LogP contribution in [0.25, 0.3) is 0 Å². The van der Waals surface area contributed by atoms with Crippen LogP contribution in [0.3, 0.4) is 0 Å². The molecule has 0 radical (unpaired) electrons. The first-order chi connectivity index (χ1) is 6.00. The molecule has 0 bridgehead atoms. The molecule has 2 aromatic heterocycles. The van der Waals surface area contributed by atoms with E-state index in [1.807, 2.05) is 35.0 Å². The van der Waals surface area contributed by atoms with Crippen molar-refractivity contribution in [2.45, 2.75) is 0 Å². The third-order valence-corrected chi connectivity index (χ3v) is 1.89. The van der Waals surface area contributed by atoms with E-state index >= 15 is 0 Å². The second-order valence-electron chi connectivity index (χ2n) is 1.46. The SMILES string of the molecule is [C-]#N.[Cu+].[Li+].[Li+].[c-]1cccs1.[c-]1cccs1. The average Bonchev–Trinajstić information content (AvgIpc) is 2.87. The van der Waals surface area contributed by atoms with Crippen LogP contribution in [0.15, 0.2) is 35.0 Å². The number of rotatable bonds is 0. The summed E-state index contributed by atoms with van der Waals surface area (Å²) in [6.07, 6.45) is 0. The Bertz CT molecular complexity index is 198. The molecule has 0 atom stereocenters. The molecule has 0 N–H and O–H groups in total. The summed E-state index contributed by atoms with van der Waals surface area (Å²) in [5.41, 5.74) is 0. The van der Waals surface area contributed by atoms with Gasteiger partial charge in [0.15, 0.2) is 0 Å². The molecule has 6 heteroatoms. The van der Waals surface area contributed by atoms with Crippen molar-refractivity contribution in [1.82, 2.24) is 0 Å². The number of hydrogen-bond donors (Lipinski definition) is 0. The van der Waals surface area contributed by atoms with E-state index in [1.54, 1.807) is 22.7 Å². The van der Waals surface area contributed by atoms with Crippen LogP contribution in [0.2, 0.25) is 0 Å². The minimum absolute atomic E-state index is 0. The summed E-state index contributed by atoms with van der Waals surface area (Å²) in [6, 6.07) is 7.71. The van der Waals surface area contributed by atoms with Gasteiger partial charge in [-0.25, -0.2) is 12.1 Å². The molecule has 15 heavy (non-hydrogen) atoms. The van der Waals surface area contributed by atoms with Gasteiger partial charge in [0, 0.05) is 0 Å². The second kappa shape index (κ2) is 24.0. The van der Waals surface area contributed by atoms with Crippen LogP contribution < -0.4 is 37.7 Å². The van der Waals surface area contributed by atoms with Gasteiger partial charge in [0.2, 0.25) is 0 Å². The molecular formula is C9H6CuLi2NS2. The first kappa shape index (κ1) is 24.7. The largest absolute Gasteiger partial charge is 1.00 e. The van der Waals surface area contributed by atoms with E-state index in [0.29, 0.717) is 0 Å². The molecule has 2 heterocycles. The Morgan fingerprint density at radius 3 is 1.27 bits per heavy atom. The molecule has 2 rings (SSSR count). The van der Waals surface area contributed by atoms with E-state index in [1.165, 1.54) is 0 Å². The maximum atomic E-state index is 6.25. The minimum Gasteiger partial charge on any atom is -0.512 e. The minimum atomic E-state index is 0. The van der Waals surface area contributed by atoms with Crippen LogP contribution in [0, 0.1) is 22.6 Å². The van der Waals surface area contributed by atoms with Gasteiger partial charge in [0.25, 0.3) is 0 Å². The Kier molecular flexibility index (Phi) is 39.6. The average molecular weight is 270 g/mol. The van der Waals surface area contributed by atoms with Crippen LogP contribution in [0.1, 0.15) is 0 Å². The molecule has 0 saturated carbocycles. The van der Waals surface area contributed by atoms with Crippen molar-refractivity contribution < 1.29 is 54.8 Å². The summed E-state index contributed by atoms with van der Waals surface area (Å²) in [4.78, 5) is 0.